The maximum absolute atomic E-state index is 11.0. The highest BCUT2D eigenvalue weighted by molar-refractivity contribution is 5.89. The van der Waals surface area contributed by atoms with E-state index < -0.39 is 5.79 Å². The van der Waals surface area contributed by atoms with Crippen LogP contribution in [0.1, 0.15) is 39.0 Å². The van der Waals surface area contributed by atoms with Gasteiger partial charge in [-0.15, -0.1) is 0 Å². The fourth-order valence-corrected chi connectivity index (χ4v) is 2.67. The van der Waals surface area contributed by atoms with E-state index in [0.717, 1.165) is 42.9 Å². The Balaban J connectivity index is 1.82. The zero-order valence-electron chi connectivity index (χ0n) is 10.5. The third-order valence-electron chi connectivity index (χ3n) is 3.47. The van der Waals surface area contributed by atoms with E-state index in [1.54, 1.807) is 0 Å². The second-order valence-corrected chi connectivity index (χ2v) is 5.02. The molecule has 1 amide bonds. The minimum Gasteiger partial charge on any atom is -0.448 e. The second kappa shape index (κ2) is 4.19. The van der Waals surface area contributed by atoms with Crippen molar-refractivity contribution in [1.82, 2.24) is 0 Å². The predicted octanol–water partition coefficient (Wildman–Crippen LogP) is 3.08. The number of benzene rings is 1. The minimum atomic E-state index is -0.449. The Morgan fingerprint density at radius 3 is 2.61 bits per heavy atom. The third-order valence-corrected chi connectivity index (χ3v) is 3.47. The van der Waals surface area contributed by atoms with Crippen LogP contribution < -0.4 is 14.8 Å². The van der Waals surface area contributed by atoms with E-state index in [1.165, 1.54) is 13.3 Å². The zero-order chi connectivity index (χ0) is 12.6. The molecule has 0 atom stereocenters. The highest BCUT2D eigenvalue weighted by atomic mass is 16.7. The maximum Gasteiger partial charge on any atom is 0.251 e. The van der Waals surface area contributed by atoms with Crippen LogP contribution >= 0.6 is 0 Å². The molecular weight excluding hydrogens is 230 g/mol. The molecule has 1 fully saturated rings. The lowest BCUT2D eigenvalue weighted by molar-refractivity contribution is -0.114. The van der Waals surface area contributed by atoms with Crippen LogP contribution in [0.2, 0.25) is 0 Å². The summed E-state index contributed by atoms with van der Waals surface area (Å²) in [4.78, 5) is 11.0. The lowest BCUT2D eigenvalue weighted by atomic mass is 9.94. The van der Waals surface area contributed by atoms with Gasteiger partial charge in [0.2, 0.25) is 5.91 Å². The van der Waals surface area contributed by atoms with E-state index in [1.807, 2.05) is 18.2 Å². The molecule has 1 aliphatic carbocycles. The van der Waals surface area contributed by atoms with Crippen molar-refractivity contribution < 1.29 is 14.3 Å². The molecule has 0 aromatic heterocycles. The number of hydrogen-bond donors (Lipinski definition) is 1. The number of anilines is 1. The quantitative estimate of drug-likeness (QED) is 0.829. The van der Waals surface area contributed by atoms with E-state index in [0.29, 0.717) is 0 Å². The molecule has 0 bridgehead atoms. The molecule has 0 radical (unpaired) electrons. The van der Waals surface area contributed by atoms with E-state index in [9.17, 15) is 4.79 Å². The minimum absolute atomic E-state index is 0.0822. The summed E-state index contributed by atoms with van der Waals surface area (Å²) in [6, 6.07) is 5.54. The average Bonchev–Trinajstić information content (AvgIpc) is 2.66. The molecule has 1 aromatic carbocycles. The van der Waals surface area contributed by atoms with Crippen LogP contribution in [0.15, 0.2) is 18.2 Å². The Labute approximate surface area is 106 Å². The van der Waals surface area contributed by atoms with Gasteiger partial charge in [-0.1, -0.05) is 6.42 Å². The summed E-state index contributed by atoms with van der Waals surface area (Å²) in [6.07, 6.45) is 5.43. The van der Waals surface area contributed by atoms with Crippen LogP contribution in [0.5, 0.6) is 11.5 Å². The van der Waals surface area contributed by atoms with Gasteiger partial charge in [0, 0.05) is 31.5 Å². The molecule has 0 saturated heterocycles. The monoisotopic (exact) mass is 247 g/mol. The van der Waals surface area contributed by atoms with Gasteiger partial charge >= 0.3 is 0 Å². The first-order chi connectivity index (χ1) is 8.67. The highest BCUT2D eigenvalue weighted by Crippen LogP contribution is 2.46. The van der Waals surface area contributed by atoms with Crippen LogP contribution in [0.25, 0.3) is 0 Å². The molecule has 96 valence electrons. The largest absolute Gasteiger partial charge is 0.448 e. The lowest BCUT2D eigenvalue weighted by Gasteiger charge is -2.31. The Kier molecular flexibility index (Phi) is 2.65. The molecule has 1 aliphatic heterocycles. The zero-order valence-corrected chi connectivity index (χ0v) is 10.5. The van der Waals surface area contributed by atoms with Crippen molar-refractivity contribution in [3.63, 3.8) is 0 Å². The van der Waals surface area contributed by atoms with Crippen LogP contribution in [0, 0.1) is 0 Å². The first-order valence-electron chi connectivity index (χ1n) is 6.47. The summed E-state index contributed by atoms with van der Waals surface area (Å²) in [7, 11) is 0. The number of carbonyl (C=O) groups is 1. The number of ether oxygens (including phenoxy) is 2. The molecular formula is C14H17NO3. The van der Waals surface area contributed by atoms with E-state index in [4.69, 9.17) is 9.47 Å². The predicted molar refractivity (Wildman–Crippen MR) is 67.8 cm³/mol. The number of carbonyl (C=O) groups excluding carboxylic acids is 1. The van der Waals surface area contributed by atoms with Gasteiger partial charge in [0.15, 0.2) is 11.5 Å². The highest BCUT2D eigenvalue weighted by Gasteiger charge is 2.42. The number of fused-ring (bicyclic) bond motifs is 1. The van der Waals surface area contributed by atoms with Gasteiger partial charge in [-0.05, 0) is 25.0 Å². The van der Waals surface area contributed by atoms with Crippen molar-refractivity contribution in [2.75, 3.05) is 5.32 Å². The van der Waals surface area contributed by atoms with Crippen LogP contribution in [0.3, 0.4) is 0 Å². The Hall–Kier alpha value is -1.71. The van der Waals surface area contributed by atoms with Crippen molar-refractivity contribution in [3.05, 3.63) is 18.2 Å². The van der Waals surface area contributed by atoms with Crippen LogP contribution in [-0.4, -0.2) is 11.7 Å². The molecule has 1 N–H and O–H groups in total. The van der Waals surface area contributed by atoms with Crippen molar-refractivity contribution >= 4 is 11.6 Å². The van der Waals surface area contributed by atoms with Gasteiger partial charge < -0.3 is 14.8 Å². The standard InChI is InChI=1S/C14H17NO3/c1-10(16)15-11-5-6-12-13(9-11)18-14(17-12)7-3-2-4-8-14/h5-6,9H,2-4,7-8H2,1H3,(H,15,16). The van der Waals surface area contributed by atoms with Gasteiger partial charge in [0.05, 0.1) is 0 Å². The number of nitrogens with one attached hydrogen (secondary N) is 1. The molecule has 3 rings (SSSR count). The molecule has 0 unspecified atom stereocenters. The van der Waals surface area contributed by atoms with Gasteiger partial charge in [0.1, 0.15) is 0 Å². The normalized spacial score (nSPS) is 19.8. The van der Waals surface area contributed by atoms with E-state index in [2.05, 4.69) is 5.32 Å². The average molecular weight is 247 g/mol. The third kappa shape index (κ3) is 2.03. The molecule has 4 nitrogen and oxygen atoms in total. The van der Waals surface area contributed by atoms with Crippen molar-refractivity contribution in [1.29, 1.82) is 0 Å². The molecule has 1 aromatic rings. The molecule has 2 aliphatic rings. The number of amides is 1. The molecule has 1 saturated carbocycles. The van der Waals surface area contributed by atoms with Gasteiger partial charge in [-0.25, -0.2) is 0 Å². The SMILES string of the molecule is CC(=O)Nc1ccc2c(c1)OC1(CCCCC1)O2. The number of rotatable bonds is 1. The topological polar surface area (TPSA) is 47.6 Å². The summed E-state index contributed by atoms with van der Waals surface area (Å²) < 4.78 is 11.9. The van der Waals surface area contributed by atoms with Gasteiger partial charge in [0.25, 0.3) is 5.79 Å². The summed E-state index contributed by atoms with van der Waals surface area (Å²) in [5.74, 6) is 0.991. The van der Waals surface area contributed by atoms with Gasteiger partial charge in [-0.2, -0.15) is 0 Å². The van der Waals surface area contributed by atoms with E-state index in [-0.39, 0.29) is 5.91 Å². The summed E-state index contributed by atoms with van der Waals surface area (Å²) in [6.45, 7) is 1.49. The molecule has 1 spiro atoms. The first-order valence-corrected chi connectivity index (χ1v) is 6.47. The van der Waals surface area contributed by atoms with Gasteiger partial charge in [-0.3, -0.25) is 4.79 Å². The van der Waals surface area contributed by atoms with Crippen LogP contribution in [-0.2, 0) is 4.79 Å². The fraction of sp³-hybridized carbons (Fsp3) is 0.500. The lowest BCUT2D eigenvalue weighted by Crippen LogP contribution is -2.40. The second-order valence-electron chi connectivity index (χ2n) is 5.02. The maximum atomic E-state index is 11.0. The summed E-state index contributed by atoms with van der Waals surface area (Å²) >= 11 is 0. The van der Waals surface area contributed by atoms with E-state index >= 15 is 0 Å². The Morgan fingerprint density at radius 2 is 1.89 bits per heavy atom. The Bertz CT molecular complexity index is 478. The van der Waals surface area contributed by atoms with Crippen LogP contribution in [0.4, 0.5) is 5.69 Å². The molecule has 1 heterocycles. The summed E-state index contributed by atoms with van der Waals surface area (Å²) in [5.41, 5.74) is 0.748. The van der Waals surface area contributed by atoms with Crippen molar-refractivity contribution in [2.45, 2.75) is 44.8 Å². The smallest absolute Gasteiger partial charge is 0.251 e. The van der Waals surface area contributed by atoms with Crippen molar-refractivity contribution in [2.24, 2.45) is 0 Å². The Morgan fingerprint density at radius 1 is 1.17 bits per heavy atom. The fourth-order valence-electron chi connectivity index (χ4n) is 2.67. The number of hydrogen-bond acceptors (Lipinski definition) is 3. The molecule has 18 heavy (non-hydrogen) atoms. The summed E-state index contributed by atoms with van der Waals surface area (Å²) in [5, 5.41) is 2.75. The van der Waals surface area contributed by atoms with Crippen molar-refractivity contribution in [3.8, 4) is 11.5 Å². The first kappa shape index (κ1) is 11.4. The molecule has 4 heteroatoms.